The summed E-state index contributed by atoms with van der Waals surface area (Å²) in [4.78, 5) is 12.5. The standard InChI is InChI=1S/C22H24O9/c1-26-16-7-12(8-17(27-2)21(16)28-3)20(24)18-13(9-29-22(18)25)19(23)11-4-5-14-15(6-11)31-10-30-14/h4-8,13,18-20,23-24H,9-10H2,1-3H3/t13-,18-,19?,20-/m0/s1. The lowest BCUT2D eigenvalue weighted by Gasteiger charge is -2.26. The molecule has 0 aliphatic carbocycles. The molecule has 2 aliphatic heterocycles. The predicted octanol–water partition coefficient (Wildman–Crippen LogP) is 2.00. The summed E-state index contributed by atoms with van der Waals surface area (Å²) < 4.78 is 31.9. The first-order valence-electron chi connectivity index (χ1n) is 9.70. The summed E-state index contributed by atoms with van der Waals surface area (Å²) in [6.07, 6.45) is -2.33. The highest BCUT2D eigenvalue weighted by atomic mass is 16.7. The van der Waals surface area contributed by atoms with Crippen molar-refractivity contribution >= 4 is 5.97 Å². The molecule has 2 aromatic rings. The maximum absolute atomic E-state index is 12.5. The first kappa shape index (κ1) is 21.1. The van der Waals surface area contributed by atoms with Gasteiger partial charge in [-0.25, -0.2) is 0 Å². The molecule has 0 aromatic heterocycles. The fraction of sp³-hybridized carbons (Fsp3) is 0.409. The fourth-order valence-electron chi connectivity index (χ4n) is 4.03. The van der Waals surface area contributed by atoms with Crippen LogP contribution in [-0.2, 0) is 9.53 Å². The van der Waals surface area contributed by atoms with Crippen LogP contribution in [0.15, 0.2) is 30.3 Å². The van der Waals surface area contributed by atoms with Crippen molar-refractivity contribution < 1.29 is 43.4 Å². The number of esters is 1. The lowest BCUT2D eigenvalue weighted by atomic mass is 9.81. The van der Waals surface area contributed by atoms with Crippen molar-refractivity contribution in [2.24, 2.45) is 11.8 Å². The van der Waals surface area contributed by atoms with Crippen LogP contribution >= 0.6 is 0 Å². The Morgan fingerprint density at radius 3 is 2.19 bits per heavy atom. The number of cyclic esters (lactones) is 1. The largest absolute Gasteiger partial charge is 0.493 e. The van der Waals surface area contributed by atoms with Crippen molar-refractivity contribution in [3.05, 3.63) is 41.5 Å². The van der Waals surface area contributed by atoms with E-state index in [4.69, 9.17) is 28.4 Å². The Labute approximate surface area is 179 Å². The van der Waals surface area contributed by atoms with Gasteiger partial charge in [0.05, 0.1) is 46.1 Å². The van der Waals surface area contributed by atoms with Gasteiger partial charge in [0.1, 0.15) is 0 Å². The molecule has 1 unspecified atom stereocenters. The summed E-state index contributed by atoms with van der Waals surface area (Å²) in [5.41, 5.74) is 0.913. The number of hydrogen-bond acceptors (Lipinski definition) is 9. The van der Waals surface area contributed by atoms with E-state index in [9.17, 15) is 15.0 Å². The number of carbonyl (C=O) groups excluding carboxylic acids is 1. The highest BCUT2D eigenvalue weighted by Gasteiger charge is 2.46. The van der Waals surface area contributed by atoms with E-state index < -0.39 is 30.0 Å². The van der Waals surface area contributed by atoms with Crippen LogP contribution in [-0.4, -0.2) is 50.9 Å². The van der Waals surface area contributed by atoms with E-state index in [1.807, 2.05) is 0 Å². The number of carbonyl (C=O) groups is 1. The molecule has 2 N–H and O–H groups in total. The molecule has 1 saturated heterocycles. The summed E-state index contributed by atoms with van der Waals surface area (Å²) in [6, 6.07) is 8.20. The highest BCUT2D eigenvalue weighted by molar-refractivity contribution is 5.76. The molecule has 9 heteroatoms. The first-order valence-corrected chi connectivity index (χ1v) is 9.70. The van der Waals surface area contributed by atoms with Gasteiger partial charge in [0, 0.05) is 5.92 Å². The number of aliphatic hydroxyl groups excluding tert-OH is 2. The normalized spacial score (nSPS) is 21.4. The van der Waals surface area contributed by atoms with E-state index in [2.05, 4.69) is 0 Å². The van der Waals surface area contributed by atoms with Gasteiger partial charge >= 0.3 is 5.97 Å². The number of aliphatic hydroxyl groups is 2. The molecule has 2 heterocycles. The Kier molecular flexibility index (Phi) is 5.79. The van der Waals surface area contributed by atoms with Gasteiger partial charge in [0.25, 0.3) is 0 Å². The van der Waals surface area contributed by atoms with Crippen molar-refractivity contribution in [3.8, 4) is 28.7 Å². The number of ether oxygens (including phenoxy) is 6. The van der Waals surface area contributed by atoms with Crippen molar-refractivity contribution in [2.45, 2.75) is 12.2 Å². The van der Waals surface area contributed by atoms with E-state index in [0.29, 0.717) is 39.9 Å². The second kappa shape index (κ2) is 8.52. The number of fused-ring (bicyclic) bond motifs is 1. The molecule has 0 saturated carbocycles. The van der Waals surface area contributed by atoms with Crippen molar-refractivity contribution in [1.29, 1.82) is 0 Å². The molecule has 4 atom stereocenters. The van der Waals surface area contributed by atoms with Gasteiger partial charge in [-0.1, -0.05) is 6.07 Å². The van der Waals surface area contributed by atoms with E-state index in [1.165, 1.54) is 21.3 Å². The average Bonchev–Trinajstić information content (AvgIpc) is 3.42. The third-order valence-electron chi connectivity index (χ3n) is 5.66. The van der Waals surface area contributed by atoms with Crippen LogP contribution in [0.1, 0.15) is 23.3 Å². The average molecular weight is 432 g/mol. The van der Waals surface area contributed by atoms with Gasteiger partial charge in [0.15, 0.2) is 23.0 Å². The molecule has 0 amide bonds. The number of benzene rings is 2. The van der Waals surface area contributed by atoms with E-state index in [-0.39, 0.29) is 13.4 Å². The molecule has 0 spiro atoms. The SMILES string of the molecule is COc1cc([C@H](O)[C@H]2C(=O)OC[C@@H]2C(O)c2ccc3c(c2)OCO3)cc(OC)c1OC. The Hall–Kier alpha value is -3.17. The number of rotatable bonds is 7. The predicted molar refractivity (Wildman–Crippen MR) is 107 cm³/mol. The monoisotopic (exact) mass is 432 g/mol. The molecule has 1 fully saturated rings. The van der Waals surface area contributed by atoms with Gasteiger partial charge in [-0.05, 0) is 35.4 Å². The van der Waals surface area contributed by atoms with Crippen LogP contribution in [0, 0.1) is 11.8 Å². The number of methoxy groups -OCH3 is 3. The van der Waals surface area contributed by atoms with Crippen LogP contribution in [0.25, 0.3) is 0 Å². The van der Waals surface area contributed by atoms with Gasteiger partial charge < -0.3 is 38.6 Å². The fourth-order valence-corrected chi connectivity index (χ4v) is 4.03. The third-order valence-corrected chi connectivity index (χ3v) is 5.66. The Bertz CT molecular complexity index is 948. The molecule has 9 nitrogen and oxygen atoms in total. The van der Waals surface area contributed by atoms with Gasteiger partial charge in [-0.15, -0.1) is 0 Å². The summed E-state index contributed by atoms with van der Waals surface area (Å²) in [6.45, 7) is 0.0863. The molecule has 2 aliphatic rings. The van der Waals surface area contributed by atoms with Crippen LogP contribution in [0.4, 0.5) is 0 Å². The second-order valence-corrected chi connectivity index (χ2v) is 7.28. The van der Waals surface area contributed by atoms with Crippen LogP contribution in [0.5, 0.6) is 28.7 Å². The third kappa shape index (κ3) is 3.70. The van der Waals surface area contributed by atoms with Crippen LogP contribution in [0.2, 0.25) is 0 Å². The summed E-state index contributed by atoms with van der Waals surface area (Å²) >= 11 is 0. The van der Waals surface area contributed by atoms with Crippen molar-refractivity contribution in [1.82, 2.24) is 0 Å². The molecule has 166 valence electrons. The Balaban J connectivity index is 1.65. The van der Waals surface area contributed by atoms with Gasteiger partial charge in [0.2, 0.25) is 12.5 Å². The minimum absolute atomic E-state index is 0.0272. The summed E-state index contributed by atoms with van der Waals surface area (Å²) in [7, 11) is 4.40. The Morgan fingerprint density at radius 2 is 1.55 bits per heavy atom. The Morgan fingerprint density at radius 1 is 0.871 bits per heavy atom. The zero-order chi connectivity index (χ0) is 22.1. The van der Waals surface area contributed by atoms with Crippen LogP contribution < -0.4 is 23.7 Å². The quantitative estimate of drug-likeness (QED) is 0.634. The van der Waals surface area contributed by atoms with Gasteiger partial charge in [-0.2, -0.15) is 0 Å². The molecule has 2 aromatic carbocycles. The van der Waals surface area contributed by atoms with Crippen LogP contribution in [0.3, 0.4) is 0 Å². The lowest BCUT2D eigenvalue weighted by molar-refractivity contribution is -0.144. The summed E-state index contributed by atoms with van der Waals surface area (Å²) in [5.74, 6) is -0.111. The number of hydrogen-bond donors (Lipinski definition) is 2. The van der Waals surface area contributed by atoms with E-state index in [0.717, 1.165) is 0 Å². The van der Waals surface area contributed by atoms with E-state index >= 15 is 0 Å². The lowest BCUT2D eigenvalue weighted by Crippen LogP contribution is -2.28. The molecular weight excluding hydrogens is 408 g/mol. The van der Waals surface area contributed by atoms with Crippen molar-refractivity contribution in [2.75, 3.05) is 34.7 Å². The maximum Gasteiger partial charge on any atom is 0.312 e. The summed E-state index contributed by atoms with van der Waals surface area (Å²) in [5, 5.41) is 22.1. The second-order valence-electron chi connectivity index (χ2n) is 7.28. The topological polar surface area (TPSA) is 113 Å². The molecule has 0 bridgehead atoms. The minimum Gasteiger partial charge on any atom is -0.493 e. The molecule has 4 rings (SSSR count). The maximum atomic E-state index is 12.5. The van der Waals surface area contributed by atoms with Crippen molar-refractivity contribution in [3.63, 3.8) is 0 Å². The zero-order valence-electron chi connectivity index (χ0n) is 17.4. The molecular formula is C22H24O9. The van der Waals surface area contributed by atoms with Gasteiger partial charge in [-0.3, -0.25) is 4.79 Å². The van der Waals surface area contributed by atoms with E-state index in [1.54, 1.807) is 30.3 Å². The molecule has 0 radical (unpaired) electrons. The zero-order valence-corrected chi connectivity index (χ0v) is 17.4. The highest BCUT2D eigenvalue weighted by Crippen LogP contribution is 2.46. The first-order chi connectivity index (χ1) is 15.0. The smallest absolute Gasteiger partial charge is 0.312 e. The molecule has 31 heavy (non-hydrogen) atoms. The minimum atomic E-state index is -1.27.